The molecule has 0 saturated carbocycles. The van der Waals surface area contributed by atoms with E-state index in [-0.39, 0.29) is 44.1 Å². The van der Waals surface area contributed by atoms with Gasteiger partial charge in [-0.2, -0.15) is 0 Å². The van der Waals surface area contributed by atoms with Gasteiger partial charge in [0.15, 0.2) is 0 Å². The maximum atomic E-state index is 9.79. The zero-order chi connectivity index (χ0) is 10.5. The molecule has 0 amide bonds. The molecule has 8 nitrogen and oxygen atoms in total. The molecular formula is C3H6Li2O8S2. The Balaban J connectivity index is -0.000000720. The van der Waals surface area contributed by atoms with Gasteiger partial charge < -0.3 is 9.11 Å². The van der Waals surface area contributed by atoms with Crippen molar-refractivity contribution in [3.63, 3.8) is 0 Å². The summed E-state index contributed by atoms with van der Waals surface area (Å²) in [5.41, 5.74) is 0. The van der Waals surface area contributed by atoms with E-state index in [1.54, 1.807) is 0 Å². The summed E-state index contributed by atoms with van der Waals surface area (Å²) < 4.78 is 66.1. The first kappa shape index (κ1) is 21.2. The fourth-order valence-electron chi connectivity index (χ4n) is 0.381. The van der Waals surface area contributed by atoms with Crippen LogP contribution in [-0.4, -0.2) is 39.2 Å². The molecule has 0 fully saturated rings. The van der Waals surface area contributed by atoms with E-state index in [2.05, 4.69) is 8.37 Å². The summed E-state index contributed by atoms with van der Waals surface area (Å²) in [7, 11) is -9.55. The van der Waals surface area contributed by atoms with Crippen LogP contribution in [0.3, 0.4) is 0 Å². The molecule has 0 aliphatic heterocycles. The molecule has 0 saturated heterocycles. The molecule has 0 rings (SSSR count). The third-order valence-electron chi connectivity index (χ3n) is 0.744. The third kappa shape index (κ3) is 20.9. The molecule has 0 aromatic carbocycles. The fraction of sp³-hybridized carbons (Fsp3) is 1.00. The molecule has 12 heteroatoms. The molecule has 0 heterocycles. The Bertz CT molecular complexity index is 299. The van der Waals surface area contributed by atoms with E-state index >= 15 is 0 Å². The third-order valence-corrected chi connectivity index (χ3v) is 1.65. The van der Waals surface area contributed by atoms with Crippen LogP contribution in [0.4, 0.5) is 0 Å². The van der Waals surface area contributed by atoms with Crippen LogP contribution < -0.4 is 37.7 Å². The van der Waals surface area contributed by atoms with E-state index in [1.165, 1.54) is 0 Å². The second kappa shape index (κ2) is 9.02. The molecule has 15 heavy (non-hydrogen) atoms. The summed E-state index contributed by atoms with van der Waals surface area (Å²) in [4.78, 5) is 0. The summed E-state index contributed by atoms with van der Waals surface area (Å²) in [5, 5.41) is 0. The molecule has 80 valence electrons. The SMILES string of the molecule is O=S(=O)([O-])OCCCOS(=O)(=O)[O-].[Li+].[Li+]. The Morgan fingerprint density at radius 2 is 1.07 bits per heavy atom. The monoisotopic (exact) mass is 248 g/mol. The molecule has 0 aliphatic rings. The molecule has 0 spiro atoms. The predicted octanol–water partition coefficient (Wildman–Crippen LogP) is -7.66. The molecule has 0 bridgehead atoms. The first-order chi connectivity index (χ1) is 5.71. The molecular weight excluding hydrogens is 242 g/mol. The van der Waals surface area contributed by atoms with Gasteiger partial charge in [-0.3, -0.25) is 8.37 Å². The molecule has 0 aromatic heterocycles. The maximum absolute atomic E-state index is 9.79. The van der Waals surface area contributed by atoms with Gasteiger partial charge in [0.05, 0.1) is 13.2 Å². The average molecular weight is 248 g/mol. The summed E-state index contributed by atoms with van der Waals surface area (Å²) in [6.07, 6.45) is -0.192. The summed E-state index contributed by atoms with van der Waals surface area (Å²) >= 11 is 0. The van der Waals surface area contributed by atoms with Crippen molar-refractivity contribution in [1.29, 1.82) is 0 Å². The molecule has 0 aromatic rings. The van der Waals surface area contributed by atoms with Gasteiger partial charge in [-0.25, -0.2) is 16.8 Å². The second-order valence-electron chi connectivity index (χ2n) is 1.81. The van der Waals surface area contributed by atoms with Gasteiger partial charge >= 0.3 is 37.7 Å². The van der Waals surface area contributed by atoms with Crippen molar-refractivity contribution in [3.05, 3.63) is 0 Å². The van der Waals surface area contributed by atoms with Gasteiger partial charge in [-0.15, -0.1) is 0 Å². The predicted molar refractivity (Wildman–Crippen MR) is 35.9 cm³/mol. The Kier molecular flexibility index (Phi) is 12.8. The van der Waals surface area contributed by atoms with Gasteiger partial charge in [0, 0.05) is 0 Å². The van der Waals surface area contributed by atoms with Crippen molar-refractivity contribution in [1.82, 2.24) is 0 Å². The second-order valence-corrected chi connectivity index (χ2v) is 3.92. The standard InChI is InChI=1S/C3H8O8S2.2Li/c4-12(5,6)10-2-1-3-11-13(7,8)9;;/h1-3H2,(H,4,5,6)(H,7,8,9);;/q;2*+1/p-2. The minimum atomic E-state index is -4.77. The van der Waals surface area contributed by atoms with Crippen molar-refractivity contribution in [3.8, 4) is 0 Å². The van der Waals surface area contributed by atoms with Crippen LogP contribution in [0.1, 0.15) is 6.42 Å². The first-order valence-corrected chi connectivity index (χ1v) is 5.58. The van der Waals surface area contributed by atoms with E-state index in [4.69, 9.17) is 0 Å². The Morgan fingerprint density at radius 1 is 0.800 bits per heavy atom. The van der Waals surface area contributed by atoms with Gasteiger partial charge in [-0.1, -0.05) is 0 Å². The quantitative estimate of drug-likeness (QED) is 0.196. The summed E-state index contributed by atoms with van der Waals surface area (Å²) in [6, 6.07) is 0. The van der Waals surface area contributed by atoms with E-state index in [9.17, 15) is 25.9 Å². The Hall–Kier alpha value is 0.935. The van der Waals surface area contributed by atoms with E-state index in [0.29, 0.717) is 0 Å². The smallest absolute Gasteiger partial charge is 0.726 e. The minimum Gasteiger partial charge on any atom is -0.726 e. The molecule has 0 radical (unpaired) electrons. The number of rotatable bonds is 6. The van der Waals surface area contributed by atoms with Crippen molar-refractivity contribution in [2.45, 2.75) is 6.42 Å². The number of hydrogen-bond donors (Lipinski definition) is 0. The van der Waals surface area contributed by atoms with Gasteiger partial charge in [0.1, 0.15) is 0 Å². The normalized spacial score (nSPS) is 11.3. The van der Waals surface area contributed by atoms with Crippen LogP contribution in [0, 0.1) is 0 Å². The minimum absolute atomic E-state index is 0. The summed E-state index contributed by atoms with van der Waals surface area (Å²) in [6.45, 7) is -1.05. The number of hydrogen-bond acceptors (Lipinski definition) is 8. The molecule has 0 unspecified atom stereocenters. The maximum Gasteiger partial charge on any atom is 1.00 e. The van der Waals surface area contributed by atoms with Crippen molar-refractivity contribution >= 4 is 20.8 Å². The van der Waals surface area contributed by atoms with E-state index in [1.807, 2.05) is 0 Å². The summed E-state index contributed by atoms with van der Waals surface area (Å²) in [5.74, 6) is 0. The van der Waals surface area contributed by atoms with Crippen LogP contribution in [-0.2, 0) is 29.2 Å². The van der Waals surface area contributed by atoms with Crippen LogP contribution in [0.15, 0.2) is 0 Å². The molecule has 0 aliphatic carbocycles. The fourth-order valence-corrected chi connectivity index (χ4v) is 1.02. The van der Waals surface area contributed by atoms with Crippen molar-refractivity contribution < 1.29 is 72.0 Å². The molecule has 0 N–H and O–H groups in total. The van der Waals surface area contributed by atoms with Crippen LogP contribution in [0.2, 0.25) is 0 Å². The molecule has 0 atom stereocenters. The van der Waals surface area contributed by atoms with Gasteiger partial charge in [0.25, 0.3) is 0 Å². The zero-order valence-electron chi connectivity index (χ0n) is 8.20. The van der Waals surface area contributed by atoms with Crippen molar-refractivity contribution in [2.24, 2.45) is 0 Å². The van der Waals surface area contributed by atoms with Gasteiger partial charge in [0.2, 0.25) is 20.8 Å². The van der Waals surface area contributed by atoms with Crippen LogP contribution in [0.25, 0.3) is 0 Å². The zero-order valence-corrected chi connectivity index (χ0v) is 9.84. The first-order valence-electron chi connectivity index (χ1n) is 2.91. The topological polar surface area (TPSA) is 133 Å². The van der Waals surface area contributed by atoms with Gasteiger partial charge in [-0.05, 0) is 6.42 Å². The largest absolute Gasteiger partial charge is 1.00 e. The van der Waals surface area contributed by atoms with Crippen LogP contribution in [0.5, 0.6) is 0 Å². The van der Waals surface area contributed by atoms with E-state index < -0.39 is 34.0 Å². The van der Waals surface area contributed by atoms with Crippen LogP contribution >= 0.6 is 0 Å². The Labute approximate surface area is 112 Å². The van der Waals surface area contributed by atoms with E-state index in [0.717, 1.165) is 0 Å². The average Bonchev–Trinajstić information content (AvgIpc) is 1.81. The van der Waals surface area contributed by atoms with Crippen molar-refractivity contribution in [2.75, 3.05) is 13.2 Å². The Morgan fingerprint density at radius 3 is 1.27 bits per heavy atom.